The first-order valence-electron chi connectivity index (χ1n) is 5.50. The predicted octanol–water partition coefficient (Wildman–Crippen LogP) is 1.30. The molecule has 0 aliphatic heterocycles. The number of aliphatic hydroxyl groups is 1. The number of carbonyl (C=O) groups is 1. The summed E-state index contributed by atoms with van der Waals surface area (Å²) in [6.45, 7) is 3.78. The highest BCUT2D eigenvalue weighted by atomic mass is 16.3. The highest BCUT2D eigenvalue weighted by Crippen LogP contribution is 2.06. The number of benzene rings is 1. The molecule has 0 saturated heterocycles. The standard InChI is InChI=1S/C13H16N2O2/c1-9(2)12(8-16)15-13(17)11-5-3-10(7-14)4-6-11/h3-6,9,12,16H,8H2,1-2H3,(H,15,17)/t12-/m1/s1. The lowest BCUT2D eigenvalue weighted by Crippen LogP contribution is -2.41. The lowest BCUT2D eigenvalue weighted by atomic mass is 10.0. The minimum absolute atomic E-state index is 0.0836. The van der Waals surface area contributed by atoms with Gasteiger partial charge in [0.15, 0.2) is 0 Å². The van der Waals surface area contributed by atoms with Crippen LogP contribution in [0.25, 0.3) is 0 Å². The van der Waals surface area contributed by atoms with Crippen LogP contribution >= 0.6 is 0 Å². The summed E-state index contributed by atoms with van der Waals surface area (Å²) in [6.07, 6.45) is 0. The van der Waals surface area contributed by atoms with Gasteiger partial charge >= 0.3 is 0 Å². The Bertz CT molecular complexity index is 418. The molecule has 4 heteroatoms. The lowest BCUT2D eigenvalue weighted by molar-refractivity contribution is 0.0897. The minimum Gasteiger partial charge on any atom is -0.394 e. The van der Waals surface area contributed by atoms with Gasteiger partial charge in [-0.05, 0) is 30.2 Å². The van der Waals surface area contributed by atoms with Crippen LogP contribution in [0.3, 0.4) is 0 Å². The van der Waals surface area contributed by atoms with Crippen molar-refractivity contribution in [2.24, 2.45) is 5.92 Å². The molecule has 0 saturated carbocycles. The van der Waals surface area contributed by atoms with Crippen molar-refractivity contribution in [2.45, 2.75) is 19.9 Å². The van der Waals surface area contributed by atoms with Crippen molar-refractivity contribution in [3.63, 3.8) is 0 Å². The number of nitrogens with one attached hydrogen (secondary N) is 1. The van der Waals surface area contributed by atoms with Crippen LogP contribution < -0.4 is 5.32 Å². The zero-order valence-electron chi connectivity index (χ0n) is 9.97. The predicted molar refractivity (Wildman–Crippen MR) is 64.3 cm³/mol. The first-order valence-corrected chi connectivity index (χ1v) is 5.50. The average Bonchev–Trinajstić information content (AvgIpc) is 2.35. The Morgan fingerprint density at radius 1 is 1.41 bits per heavy atom. The Hall–Kier alpha value is -1.86. The maximum Gasteiger partial charge on any atom is 0.251 e. The zero-order chi connectivity index (χ0) is 12.8. The van der Waals surface area contributed by atoms with Crippen molar-refractivity contribution in [3.05, 3.63) is 35.4 Å². The van der Waals surface area contributed by atoms with Crippen LogP contribution in [0.1, 0.15) is 29.8 Å². The quantitative estimate of drug-likeness (QED) is 0.822. The van der Waals surface area contributed by atoms with Gasteiger partial charge in [0.2, 0.25) is 0 Å². The molecule has 0 fully saturated rings. The highest BCUT2D eigenvalue weighted by Gasteiger charge is 2.15. The van der Waals surface area contributed by atoms with Gasteiger partial charge in [0, 0.05) is 5.56 Å². The summed E-state index contributed by atoms with van der Waals surface area (Å²) in [6, 6.07) is 8.13. The molecule has 4 nitrogen and oxygen atoms in total. The number of nitrogens with zero attached hydrogens (tertiary/aromatic N) is 1. The van der Waals surface area contributed by atoms with Gasteiger partial charge in [0.25, 0.3) is 5.91 Å². The third-order valence-electron chi connectivity index (χ3n) is 2.59. The van der Waals surface area contributed by atoms with Gasteiger partial charge in [0.1, 0.15) is 0 Å². The van der Waals surface area contributed by atoms with E-state index in [1.165, 1.54) is 0 Å². The summed E-state index contributed by atoms with van der Waals surface area (Å²) in [4.78, 5) is 11.8. The molecule has 17 heavy (non-hydrogen) atoms. The van der Waals surface area contributed by atoms with E-state index in [0.717, 1.165) is 0 Å². The van der Waals surface area contributed by atoms with E-state index in [9.17, 15) is 4.79 Å². The van der Waals surface area contributed by atoms with Gasteiger partial charge in [-0.1, -0.05) is 13.8 Å². The summed E-state index contributed by atoms with van der Waals surface area (Å²) in [5.41, 5.74) is 1.01. The van der Waals surface area contributed by atoms with Crippen molar-refractivity contribution >= 4 is 5.91 Å². The monoisotopic (exact) mass is 232 g/mol. The Kier molecular flexibility index (Phi) is 4.68. The Morgan fingerprint density at radius 2 is 2.00 bits per heavy atom. The van der Waals surface area contributed by atoms with Gasteiger partial charge in [-0.15, -0.1) is 0 Å². The first kappa shape index (κ1) is 13.2. The highest BCUT2D eigenvalue weighted by molar-refractivity contribution is 5.94. The van der Waals surface area contributed by atoms with E-state index < -0.39 is 0 Å². The molecular weight excluding hydrogens is 216 g/mol. The molecule has 0 aromatic heterocycles. The number of nitriles is 1. The van der Waals surface area contributed by atoms with E-state index >= 15 is 0 Å². The normalized spacial score (nSPS) is 11.9. The smallest absolute Gasteiger partial charge is 0.251 e. The molecule has 0 unspecified atom stereocenters. The molecule has 0 bridgehead atoms. The molecule has 2 N–H and O–H groups in total. The van der Waals surface area contributed by atoms with Crippen LogP contribution in [0.4, 0.5) is 0 Å². The first-order chi connectivity index (χ1) is 8.08. The molecule has 1 rings (SSSR count). The average molecular weight is 232 g/mol. The van der Waals surface area contributed by atoms with Gasteiger partial charge in [0.05, 0.1) is 24.3 Å². The van der Waals surface area contributed by atoms with Gasteiger partial charge in [-0.3, -0.25) is 4.79 Å². The lowest BCUT2D eigenvalue weighted by Gasteiger charge is -2.19. The van der Waals surface area contributed by atoms with E-state index in [0.29, 0.717) is 11.1 Å². The molecule has 0 aliphatic rings. The summed E-state index contributed by atoms with van der Waals surface area (Å²) in [5.74, 6) is -0.0652. The number of amides is 1. The number of aliphatic hydroxyl groups excluding tert-OH is 1. The molecule has 1 amide bonds. The van der Waals surface area contributed by atoms with Gasteiger partial charge < -0.3 is 10.4 Å². The fourth-order valence-electron chi connectivity index (χ4n) is 1.37. The fraction of sp³-hybridized carbons (Fsp3) is 0.385. The van der Waals surface area contributed by atoms with Gasteiger partial charge in [-0.25, -0.2) is 0 Å². The molecule has 1 aromatic carbocycles. The van der Waals surface area contributed by atoms with Crippen molar-refractivity contribution in [1.82, 2.24) is 5.32 Å². The summed E-state index contributed by atoms with van der Waals surface area (Å²) >= 11 is 0. The number of hydrogen-bond acceptors (Lipinski definition) is 3. The summed E-state index contributed by atoms with van der Waals surface area (Å²) in [5, 5.41) is 20.5. The van der Waals surface area contributed by atoms with E-state index in [2.05, 4.69) is 5.32 Å². The number of rotatable bonds is 4. The summed E-state index contributed by atoms with van der Waals surface area (Å²) < 4.78 is 0. The van der Waals surface area contributed by atoms with Crippen molar-refractivity contribution < 1.29 is 9.90 Å². The third-order valence-corrected chi connectivity index (χ3v) is 2.59. The SMILES string of the molecule is CC(C)[C@@H](CO)NC(=O)c1ccc(C#N)cc1. The van der Waals surface area contributed by atoms with Crippen LogP contribution in [0.2, 0.25) is 0 Å². The molecule has 1 atom stereocenters. The van der Waals surface area contributed by atoms with Crippen LogP contribution in [0.5, 0.6) is 0 Å². The molecule has 0 radical (unpaired) electrons. The third kappa shape index (κ3) is 3.58. The molecule has 0 heterocycles. The molecule has 0 aliphatic carbocycles. The maximum absolute atomic E-state index is 11.8. The van der Waals surface area contributed by atoms with Crippen molar-refractivity contribution in [1.29, 1.82) is 5.26 Å². The van der Waals surface area contributed by atoms with E-state index in [1.54, 1.807) is 24.3 Å². The largest absolute Gasteiger partial charge is 0.394 e. The van der Waals surface area contributed by atoms with E-state index in [1.807, 2.05) is 19.9 Å². The van der Waals surface area contributed by atoms with Crippen LogP contribution in [0.15, 0.2) is 24.3 Å². The maximum atomic E-state index is 11.8. The van der Waals surface area contributed by atoms with E-state index in [-0.39, 0.29) is 24.5 Å². The van der Waals surface area contributed by atoms with Crippen molar-refractivity contribution in [2.75, 3.05) is 6.61 Å². The molecule has 90 valence electrons. The van der Waals surface area contributed by atoms with Crippen LogP contribution in [-0.2, 0) is 0 Å². The molecule has 0 spiro atoms. The van der Waals surface area contributed by atoms with Crippen LogP contribution in [0, 0.1) is 17.2 Å². The molecular formula is C13H16N2O2. The fourth-order valence-corrected chi connectivity index (χ4v) is 1.37. The number of carbonyl (C=O) groups excluding carboxylic acids is 1. The number of hydrogen-bond donors (Lipinski definition) is 2. The molecule has 1 aromatic rings. The Labute approximate surface area is 101 Å². The minimum atomic E-state index is -0.252. The topological polar surface area (TPSA) is 73.1 Å². The second-order valence-electron chi connectivity index (χ2n) is 4.20. The van der Waals surface area contributed by atoms with E-state index in [4.69, 9.17) is 10.4 Å². The van der Waals surface area contributed by atoms with Gasteiger partial charge in [-0.2, -0.15) is 5.26 Å². The Balaban J connectivity index is 2.73. The summed E-state index contributed by atoms with van der Waals surface area (Å²) in [7, 11) is 0. The van der Waals surface area contributed by atoms with Crippen molar-refractivity contribution in [3.8, 4) is 6.07 Å². The van der Waals surface area contributed by atoms with Crippen LogP contribution in [-0.4, -0.2) is 23.7 Å². The second-order valence-corrected chi connectivity index (χ2v) is 4.20. The second kappa shape index (κ2) is 6.02. The zero-order valence-corrected chi connectivity index (χ0v) is 9.97. The Morgan fingerprint density at radius 3 is 2.41 bits per heavy atom.